The molecule has 31 heavy (non-hydrogen) atoms. The van der Waals surface area contributed by atoms with Crippen LogP contribution in [-0.4, -0.2) is 37.4 Å². The van der Waals surface area contributed by atoms with E-state index in [4.69, 9.17) is 0 Å². The molecule has 0 spiro atoms. The van der Waals surface area contributed by atoms with Gasteiger partial charge in [0, 0.05) is 22.3 Å². The highest BCUT2D eigenvalue weighted by Gasteiger charge is 2.24. The number of rotatable bonds is 7. The summed E-state index contributed by atoms with van der Waals surface area (Å²) < 4.78 is 54.2. The number of nitrogens with zero attached hydrogens (tertiary/aromatic N) is 3. The molecule has 1 N–H and O–H groups in total. The Morgan fingerprint density at radius 3 is 2.39 bits per heavy atom. The SMILES string of the molecule is Cc1ccc2c(C#N)c(-c3ccc(S(=O)(=O)NC(CF)CF)cc3)n(C3=CC=C3)c2n1. The van der Waals surface area contributed by atoms with E-state index < -0.39 is 29.4 Å². The van der Waals surface area contributed by atoms with Crippen molar-refractivity contribution < 1.29 is 17.2 Å². The number of nitrogens with one attached hydrogen (secondary N) is 1. The van der Waals surface area contributed by atoms with E-state index in [1.54, 1.807) is 12.1 Å². The van der Waals surface area contributed by atoms with Gasteiger partial charge in [-0.3, -0.25) is 4.57 Å². The van der Waals surface area contributed by atoms with Gasteiger partial charge in [0.15, 0.2) is 0 Å². The molecule has 0 aliphatic heterocycles. The molecule has 2 heterocycles. The highest BCUT2D eigenvalue weighted by molar-refractivity contribution is 7.89. The second-order valence-corrected chi connectivity index (χ2v) is 8.81. The van der Waals surface area contributed by atoms with E-state index in [0.717, 1.165) is 11.4 Å². The lowest BCUT2D eigenvalue weighted by atomic mass is 10.1. The van der Waals surface area contributed by atoms with Crippen LogP contribution in [0.3, 0.4) is 0 Å². The van der Waals surface area contributed by atoms with E-state index in [-0.39, 0.29) is 4.90 Å². The lowest BCUT2D eigenvalue weighted by Crippen LogP contribution is -2.37. The number of sulfonamides is 1. The zero-order valence-corrected chi connectivity index (χ0v) is 17.3. The van der Waals surface area contributed by atoms with E-state index >= 15 is 0 Å². The highest BCUT2D eigenvalue weighted by Crippen LogP contribution is 2.37. The molecular weight excluding hydrogens is 422 g/mol. The molecular formula is C22H18F2N4O2S. The number of hydrogen-bond acceptors (Lipinski definition) is 4. The quantitative estimate of drug-likeness (QED) is 0.604. The van der Waals surface area contributed by atoms with Crippen molar-refractivity contribution in [2.24, 2.45) is 0 Å². The molecule has 2 aromatic heterocycles. The van der Waals surface area contributed by atoms with Gasteiger partial charge in [-0.15, -0.1) is 0 Å². The summed E-state index contributed by atoms with van der Waals surface area (Å²) in [5, 5.41) is 10.6. The number of nitriles is 1. The van der Waals surface area contributed by atoms with Crippen molar-refractivity contribution in [2.45, 2.75) is 17.9 Å². The Morgan fingerprint density at radius 1 is 1.16 bits per heavy atom. The first-order valence-corrected chi connectivity index (χ1v) is 10.9. The highest BCUT2D eigenvalue weighted by atomic mass is 32.2. The number of fused-ring (bicyclic) bond motifs is 1. The van der Waals surface area contributed by atoms with E-state index in [0.29, 0.717) is 27.9 Å². The van der Waals surface area contributed by atoms with Crippen LogP contribution in [0, 0.1) is 18.3 Å². The van der Waals surface area contributed by atoms with Crippen molar-refractivity contribution in [3.05, 3.63) is 65.9 Å². The number of hydrogen-bond donors (Lipinski definition) is 1. The molecule has 3 aromatic rings. The van der Waals surface area contributed by atoms with Gasteiger partial charge in [0.25, 0.3) is 0 Å². The van der Waals surface area contributed by atoms with Crippen LogP contribution in [0.1, 0.15) is 11.3 Å². The van der Waals surface area contributed by atoms with Crippen LogP contribution in [0.2, 0.25) is 0 Å². The summed E-state index contributed by atoms with van der Waals surface area (Å²) >= 11 is 0. The van der Waals surface area contributed by atoms with Gasteiger partial charge < -0.3 is 0 Å². The number of pyridine rings is 1. The molecule has 0 saturated heterocycles. The lowest BCUT2D eigenvalue weighted by molar-refractivity contribution is 0.334. The molecule has 0 saturated carbocycles. The fourth-order valence-electron chi connectivity index (χ4n) is 3.41. The molecule has 158 valence electrons. The minimum absolute atomic E-state index is 0.124. The molecule has 0 unspecified atom stereocenters. The van der Waals surface area contributed by atoms with E-state index in [2.05, 4.69) is 11.1 Å². The largest absolute Gasteiger partial charge is 0.293 e. The van der Waals surface area contributed by atoms with Crippen LogP contribution in [0.25, 0.3) is 28.0 Å². The van der Waals surface area contributed by atoms with Gasteiger partial charge in [-0.1, -0.05) is 18.2 Å². The predicted molar refractivity (Wildman–Crippen MR) is 114 cm³/mol. The minimum atomic E-state index is -4.09. The average molecular weight is 440 g/mol. The summed E-state index contributed by atoms with van der Waals surface area (Å²) in [5.74, 6) is 0. The van der Waals surface area contributed by atoms with Crippen LogP contribution in [-0.2, 0) is 10.0 Å². The van der Waals surface area contributed by atoms with E-state index in [1.165, 1.54) is 12.1 Å². The summed E-state index contributed by atoms with van der Waals surface area (Å²) in [5.41, 5.74) is 3.91. The maximum atomic E-state index is 12.7. The maximum absolute atomic E-state index is 12.7. The van der Waals surface area contributed by atoms with Crippen molar-refractivity contribution in [3.63, 3.8) is 0 Å². The summed E-state index contributed by atoms with van der Waals surface area (Å²) in [7, 11) is -4.09. The second kappa shape index (κ2) is 8.06. The van der Waals surface area contributed by atoms with Crippen LogP contribution in [0.15, 0.2) is 59.5 Å². The Bertz CT molecular complexity index is 1360. The minimum Gasteiger partial charge on any atom is -0.293 e. The molecule has 0 fully saturated rings. The van der Waals surface area contributed by atoms with Crippen molar-refractivity contribution >= 4 is 26.8 Å². The summed E-state index contributed by atoms with van der Waals surface area (Å²) in [6.45, 7) is -0.425. The Kier molecular flexibility index (Phi) is 5.43. The monoisotopic (exact) mass is 440 g/mol. The summed E-state index contributed by atoms with van der Waals surface area (Å²) in [4.78, 5) is 4.48. The fraction of sp³-hybridized carbons (Fsp3) is 0.182. The third-order valence-electron chi connectivity index (χ3n) is 4.99. The molecule has 0 amide bonds. The van der Waals surface area contributed by atoms with Crippen molar-refractivity contribution in [3.8, 4) is 17.3 Å². The predicted octanol–water partition coefficient (Wildman–Crippen LogP) is 3.88. The van der Waals surface area contributed by atoms with E-state index in [9.17, 15) is 22.5 Å². The molecule has 0 radical (unpaired) electrons. The third-order valence-corrected chi connectivity index (χ3v) is 6.53. The average Bonchev–Trinajstić information content (AvgIpc) is 3.04. The molecule has 9 heteroatoms. The number of aryl methyl sites for hydroxylation is 1. The standard InChI is InChI=1S/C22H18F2N4O2S/c1-14-5-10-19-20(13-25)21(28(22(19)26-14)17-3-2-4-17)15-6-8-18(9-7-15)31(29,30)27-16(11-23)12-24/h2-10,16,27H,11-12H2,1H3. The molecule has 1 aliphatic carbocycles. The van der Waals surface area contributed by atoms with Crippen LogP contribution >= 0.6 is 0 Å². The second-order valence-electron chi connectivity index (χ2n) is 7.10. The molecule has 6 nitrogen and oxygen atoms in total. The third kappa shape index (κ3) is 3.65. The number of benzene rings is 1. The Balaban J connectivity index is 1.84. The van der Waals surface area contributed by atoms with Gasteiger partial charge in [-0.2, -0.15) is 5.26 Å². The first-order chi connectivity index (χ1) is 14.9. The van der Waals surface area contributed by atoms with Crippen molar-refractivity contribution in [1.29, 1.82) is 5.26 Å². The fourth-order valence-corrected chi connectivity index (χ4v) is 4.60. The molecule has 4 rings (SSSR count). The zero-order chi connectivity index (χ0) is 22.2. The first-order valence-electron chi connectivity index (χ1n) is 9.45. The van der Waals surface area contributed by atoms with Crippen LogP contribution < -0.4 is 4.72 Å². The van der Waals surface area contributed by atoms with Gasteiger partial charge in [-0.05, 0) is 43.3 Å². The normalized spacial score (nSPS) is 13.3. The van der Waals surface area contributed by atoms with Gasteiger partial charge in [0.2, 0.25) is 10.0 Å². The van der Waals surface area contributed by atoms with Crippen LogP contribution in [0.5, 0.6) is 0 Å². The summed E-state index contributed by atoms with van der Waals surface area (Å²) in [6, 6.07) is 10.3. The smallest absolute Gasteiger partial charge is 0.240 e. The molecule has 1 aliphatic rings. The van der Waals surface area contributed by atoms with Crippen molar-refractivity contribution in [2.75, 3.05) is 13.3 Å². The zero-order valence-electron chi connectivity index (χ0n) is 16.5. The van der Waals surface area contributed by atoms with Gasteiger partial charge in [0.1, 0.15) is 25.1 Å². The van der Waals surface area contributed by atoms with Crippen molar-refractivity contribution in [1.82, 2.24) is 14.3 Å². The number of aromatic nitrogens is 2. The Labute approximate surface area is 178 Å². The Morgan fingerprint density at radius 2 is 1.84 bits per heavy atom. The number of allylic oxidation sites excluding steroid dienone is 4. The van der Waals surface area contributed by atoms with E-state index in [1.807, 2.05) is 46.6 Å². The van der Waals surface area contributed by atoms with Gasteiger partial charge in [-0.25, -0.2) is 26.9 Å². The first kappa shape index (κ1) is 20.9. The number of alkyl halides is 2. The topological polar surface area (TPSA) is 87.8 Å². The maximum Gasteiger partial charge on any atom is 0.240 e. The van der Waals surface area contributed by atoms with Gasteiger partial charge >= 0.3 is 0 Å². The molecule has 0 atom stereocenters. The van der Waals surface area contributed by atoms with Crippen LogP contribution in [0.4, 0.5) is 8.78 Å². The van der Waals surface area contributed by atoms with Gasteiger partial charge in [0.05, 0.1) is 22.2 Å². The number of halogens is 2. The Hall–Kier alpha value is -3.35. The molecule has 1 aromatic carbocycles. The molecule has 0 bridgehead atoms. The summed E-state index contributed by atoms with van der Waals surface area (Å²) in [6.07, 6.45) is 5.66. The lowest BCUT2D eigenvalue weighted by Gasteiger charge is -2.16.